The van der Waals surface area contributed by atoms with Crippen LogP contribution in [0.1, 0.15) is 5.56 Å². The van der Waals surface area contributed by atoms with Crippen LogP contribution in [0.2, 0.25) is 5.02 Å². The van der Waals surface area contributed by atoms with Crippen molar-refractivity contribution >= 4 is 35.2 Å². The zero-order valence-corrected chi connectivity index (χ0v) is 14.7. The van der Waals surface area contributed by atoms with E-state index in [2.05, 4.69) is 10.3 Å². The number of nitrogens with one attached hydrogen (secondary N) is 2. The van der Waals surface area contributed by atoms with Gasteiger partial charge in [0.15, 0.2) is 11.5 Å². The smallest absolute Gasteiger partial charge is 0.328 e. The van der Waals surface area contributed by atoms with Gasteiger partial charge >= 0.3 is 5.97 Å². The molecule has 27 heavy (non-hydrogen) atoms. The highest BCUT2D eigenvalue weighted by molar-refractivity contribution is 6.31. The third-order valence-electron chi connectivity index (χ3n) is 3.19. The second-order valence-electron chi connectivity index (χ2n) is 5.16. The molecule has 1 aliphatic rings. The van der Waals surface area contributed by atoms with Gasteiger partial charge in [-0.2, -0.15) is 0 Å². The van der Waals surface area contributed by atoms with E-state index in [0.717, 1.165) is 17.1 Å². The number of hydrogen-bond acceptors (Lipinski definition) is 7. The first-order chi connectivity index (χ1) is 12.8. The van der Waals surface area contributed by atoms with Gasteiger partial charge in [-0.3, -0.25) is 0 Å². The number of hydrogen-bond donors (Lipinski definition) is 3. The van der Waals surface area contributed by atoms with Crippen molar-refractivity contribution < 1.29 is 34.3 Å². The number of fused-ring (bicyclic) bond motifs is 1. The fourth-order valence-electron chi connectivity index (χ4n) is 2.01. The lowest BCUT2D eigenvalue weighted by atomic mass is 10.2. The Morgan fingerprint density at radius 2 is 2.00 bits per heavy atom. The van der Waals surface area contributed by atoms with Crippen molar-refractivity contribution in [3.63, 3.8) is 0 Å². The molecule has 0 saturated heterocycles. The average Bonchev–Trinajstić information content (AvgIpc) is 3.05. The van der Waals surface area contributed by atoms with E-state index >= 15 is 0 Å². The molecule has 0 fully saturated rings. The van der Waals surface area contributed by atoms with E-state index in [1.807, 2.05) is 18.2 Å². The zero-order chi connectivity index (χ0) is 19.8. The van der Waals surface area contributed by atoms with Crippen molar-refractivity contribution in [1.82, 2.24) is 0 Å². The average molecular weight is 394 g/mol. The van der Waals surface area contributed by atoms with Gasteiger partial charge in [0.05, 0.1) is 17.5 Å². The maximum Gasteiger partial charge on any atom is 0.328 e. The molecular formula is C17H16ClN3O6. The van der Waals surface area contributed by atoms with E-state index in [9.17, 15) is 14.7 Å². The molecule has 0 spiro atoms. The van der Waals surface area contributed by atoms with Crippen LogP contribution in [0.15, 0.2) is 42.5 Å². The fraction of sp³-hybridized carbons (Fsp3) is 0.118. The number of halogens is 1. The van der Waals surface area contributed by atoms with E-state index in [0.29, 0.717) is 35.3 Å². The molecule has 2 heterocycles. The van der Waals surface area contributed by atoms with Gasteiger partial charge in [-0.1, -0.05) is 11.6 Å². The Hall–Kier alpha value is -3.46. The Morgan fingerprint density at radius 3 is 2.59 bits per heavy atom. The van der Waals surface area contributed by atoms with Crippen molar-refractivity contribution in [2.45, 2.75) is 6.54 Å². The van der Waals surface area contributed by atoms with Gasteiger partial charge in [0, 0.05) is 29.8 Å². The number of aromatic nitrogens is 1. The van der Waals surface area contributed by atoms with Crippen LogP contribution in [0.4, 0.5) is 11.6 Å². The Bertz CT molecular complexity index is 856. The highest BCUT2D eigenvalue weighted by atomic mass is 35.5. The van der Waals surface area contributed by atoms with Gasteiger partial charge in [0.25, 0.3) is 0 Å². The molecule has 0 unspecified atom stereocenters. The molecule has 9 nitrogen and oxygen atoms in total. The summed E-state index contributed by atoms with van der Waals surface area (Å²) in [5.74, 6) is 0.0270. The molecule has 1 aromatic heterocycles. The van der Waals surface area contributed by atoms with Crippen LogP contribution in [0, 0.1) is 0 Å². The maximum absolute atomic E-state index is 9.53. The summed E-state index contributed by atoms with van der Waals surface area (Å²) in [6, 6.07) is 9.21. The molecule has 0 atom stereocenters. The summed E-state index contributed by atoms with van der Waals surface area (Å²) in [4.78, 5) is 22.0. The Balaban J connectivity index is 0.000000279. The predicted octanol–water partition coefficient (Wildman–Crippen LogP) is 0.454. The van der Waals surface area contributed by atoms with E-state index < -0.39 is 11.9 Å². The van der Waals surface area contributed by atoms with Crippen LogP contribution < -0.4 is 30.6 Å². The molecule has 10 heteroatoms. The number of aromatic amines is 1. The highest BCUT2D eigenvalue weighted by Gasteiger charge is 2.17. The van der Waals surface area contributed by atoms with Crippen molar-refractivity contribution in [2.24, 2.45) is 0 Å². The summed E-state index contributed by atoms with van der Waals surface area (Å²) in [5.41, 5.74) is 6.61. The molecule has 3 rings (SSSR count). The van der Waals surface area contributed by atoms with Gasteiger partial charge < -0.3 is 35.5 Å². The first kappa shape index (κ1) is 19.9. The number of pyridine rings is 1. The van der Waals surface area contributed by atoms with Crippen LogP contribution in [0.25, 0.3) is 0 Å². The fourth-order valence-corrected chi connectivity index (χ4v) is 2.23. The SMILES string of the molecule is Nc1cccc(NCc2cc3c(cc2Cl)OCO3)[nH+]1.O=C([O-])/C=C/C(=O)O. The third kappa shape index (κ3) is 6.40. The van der Waals surface area contributed by atoms with Gasteiger partial charge in [0.1, 0.15) is 0 Å². The summed E-state index contributed by atoms with van der Waals surface area (Å²) in [6.45, 7) is 0.807. The van der Waals surface area contributed by atoms with Crippen molar-refractivity contribution in [3.8, 4) is 11.5 Å². The molecular weight excluding hydrogens is 378 g/mol. The molecule has 0 bridgehead atoms. The molecule has 0 amide bonds. The molecule has 0 aliphatic carbocycles. The predicted molar refractivity (Wildman–Crippen MR) is 94.1 cm³/mol. The van der Waals surface area contributed by atoms with Crippen LogP contribution >= 0.6 is 11.6 Å². The van der Waals surface area contributed by atoms with Crippen molar-refractivity contribution in [3.05, 3.63) is 53.1 Å². The van der Waals surface area contributed by atoms with E-state index in [4.69, 9.17) is 31.9 Å². The lowest BCUT2D eigenvalue weighted by Crippen LogP contribution is -2.19. The monoisotopic (exact) mass is 393 g/mol. The highest BCUT2D eigenvalue weighted by Crippen LogP contribution is 2.36. The number of aliphatic carboxylic acids is 2. The molecule has 142 valence electrons. The summed E-state index contributed by atoms with van der Waals surface area (Å²) < 4.78 is 10.6. The first-order valence-electron chi connectivity index (χ1n) is 7.57. The lowest BCUT2D eigenvalue weighted by molar-refractivity contribution is -0.343. The number of nitrogen functional groups attached to an aromatic ring is 1. The Labute approximate surface area is 159 Å². The minimum absolute atomic E-state index is 0.242. The summed E-state index contributed by atoms with van der Waals surface area (Å²) in [6.07, 6.45) is 0.942. The minimum atomic E-state index is -1.51. The molecule has 2 aromatic rings. The maximum atomic E-state index is 9.53. The Kier molecular flexibility index (Phi) is 6.84. The van der Waals surface area contributed by atoms with E-state index in [-0.39, 0.29) is 6.79 Å². The quantitative estimate of drug-likeness (QED) is 0.620. The lowest BCUT2D eigenvalue weighted by Gasteiger charge is -2.06. The van der Waals surface area contributed by atoms with Crippen LogP contribution in [0.3, 0.4) is 0 Å². The van der Waals surface area contributed by atoms with Gasteiger partial charge in [-0.05, 0) is 18.2 Å². The van der Waals surface area contributed by atoms with Crippen LogP contribution in [-0.4, -0.2) is 23.8 Å². The Morgan fingerprint density at radius 1 is 1.30 bits per heavy atom. The van der Waals surface area contributed by atoms with Gasteiger partial charge in [-0.15, -0.1) is 0 Å². The van der Waals surface area contributed by atoms with Crippen molar-refractivity contribution in [1.29, 1.82) is 0 Å². The normalized spacial score (nSPS) is 11.6. The number of carboxylic acids is 2. The minimum Gasteiger partial charge on any atom is -0.545 e. The van der Waals surface area contributed by atoms with Crippen LogP contribution in [0.5, 0.6) is 11.5 Å². The number of carboxylic acid groups (broad SMARTS) is 2. The number of anilines is 2. The van der Waals surface area contributed by atoms with Gasteiger partial charge in [0.2, 0.25) is 18.4 Å². The van der Waals surface area contributed by atoms with E-state index in [1.165, 1.54) is 0 Å². The number of nitrogens with two attached hydrogens (primary N) is 1. The topological polar surface area (TPSA) is 148 Å². The molecule has 1 aliphatic heterocycles. The van der Waals surface area contributed by atoms with E-state index in [1.54, 1.807) is 12.1 Å². The molecule has 0 saturated carbocycles. The molecule has 5 N–H and O–H groups in total. The second-order valence-corrected chi connectivity index (χ2v) is 5.57. The number of ether oxygens (including phenoxy) is 2. The number of carbonyl (C=O) groups excluding carboxylic acids is 1. The summed E-state index contributed by atoms with van der Waals surface area (Å²) in [7, 11) is 0. The molecule has 0 radical (unpaired) electrons. The molecule has 1 aromatic carbocycles. The zero-order valence-electron chi connectivity index (χ0n) is 13.9. The number of benzene rings is 1. The number of carbonyl (C=O) groups is 2. The largest absolute Gasteiger partial charge is 0.545 e. The number of H-pyrrole nitrogens is 1. The third-order valence-corrected chi connectivity index (χ3v) is 3.54. The van der Waals surface area contributed by atoms with Gasteiger partial charge in [-0.25, -0.2) is 9.78 Å². The number of rotatable bonds is 5. The van der Waals surface area contributed by atoms with Crippen molar-refractivity contribution in [2.75, 3.05) is 17.8 Å². The summed E-state index contributed by atoms with van der Waals surface area (Å²) in [5, 5.41) is 21.1. The summed E-state index contributed by atoms with van der Waals surface area (Å²) >= 11 is 6.19. The standard InChI is InChI=1S/C13H12ClN3O2.C4H4O4/c14-9-5-11-10(18-7-19-11)4-8(9)6-16-13-3-1-2-12(15)17-13;5-3(6)1-2-4(7)8/h1-5H,6-7H2,(H3,15,16,17);1-2H,(H,5,6)(H,7,8)/b;2-1+. The first-order valence-corrected chi connectivity index (χ1v) is 7.94. The second kappa shape index (κ2) is 9.30. The van der Waals surface area contributed by atoms with Crippen LogP contribution in [-0.2, 0) is 16.1 Å².